The maximum atomic E-state index is 15.9. The zero-order valence-corrected chi connectivity index (χ0v) is 23.5. The van der Waals surface area contributed by atoms with Gasteiger partial charge in [-0.1, -0.05) is 24.3 Å². The molecule has 42 heavy (non-hydrogen) atoms. The molecule has 1 amide bonds. The number of halogens is 5. The minimum Gasteiger partial charge on any atom is -0.490 e. The lowest BCUT2D eigenvalue weighted by Crippen LogP contribution is -2.57. The van der Waals surface area contributed by atoms with Crippen molar-refractivity contribution >= 4 is 27.7 Å². The predicted molar refractivity (Wildman–Crippen MR) is 149 cm³/mol. The molecule has 2 fully saturated rings. The van der Waals surface area contributed by atoms with Gasteiger partial charge in [-0.25, -0.2) is 8.93 Å². The van der Waals surface area contributed by atoms with Gasteiger partial charge in [0.15, 0.2) is 6.04 Å². The van der Waals surface area contributed by atoms with Gasteiger partial charge in [0.05, 0.1) is 16.6 Å². The molecule has 3 N–H and O–H groups in total. The summed E-state index contributed by atoms with van der Waals surface area (Å²) in [6.45, 7) is 0.268. The molecule has 1 saturated carbocycles. The molecule has 226 valence electrons. The van der Waals surface area contributed by atoms with E-state index in [4.69, 9.17) is 10.5 Å². The van der Waals surface area contributed by atoms with E-state index in [2.05, 4.69) is 4.72 Å². The van der Waals surface area contributed by atoms with Gasteiger partial charge in [0, 0.05) is 24.7 Å². The minimum atomic E-state index is -4.71. The second kappa shape index (κ2) is 12.3. The van der Waals surface area contributed by atoms with E-state index in [0.717, 1.165) is 31.1 Å². The number of nitrogens with one attached hydrogen (secondary N) is 1. The number of piperidine rings is 1. The van der Waals surface area contributed by atoms with Crippen molar-refractivity contribution in [1.82, 2.24) is 9.62 Å². The molecule has 0 spiro atoms. The average Bonchev–Trinajstić information content (AvgIpc) is 3.48. The second-order valence-corrected chi connectivity index (χ2v) is 12.1. The molecular formula is C30H32F5N3O3S. The number of hydrogen-bond donors (Lipinski definition) is 2. The van der Waals surface area contributed by atoms with Crippen molar-refractivity contribution in [3.63, 3.8) is 0 Å². The van der Waals surface area contributed by atoms with Crippen LogP contribution >= 0.6 is 0 Å². The molecule has 1 heterocycles. The first kappa shape index (κ1) is 30.4. The van der Waals surface area contributed by atoms with Gasteiger partial charge in [-0.3, -0.25) is 4.79 Å². The summed E-state index contributed by atoms with van der Waals surface area (Å²) in [6.07, 6.45) is 0.547. The molecule has 3 aromatic carbocycles. The van der Waals surface area contributed by atoms with Crippen LogP contribution in [0.4, 0.5) is 22.0 Å². The van der Waals surface area contributed by atoms with Gasteiger partial charge >= 0.3 is 6.18 Å². The summed E-state index contributed by atoms with van der Waals surface area (Å²) >= 11 is 0. The second-order valence-electron chi connectivity index (χ2n) is 10.9. The smallest absolute Gasteiger partial charge is 0.416 e. The molecule has 0 aromatic heterocycles. The van der Waals surface area contributed by atoms with Crippen molar-refractivity contribution in [2.45, 2.75) is 73.7 Å². The number of likely N-dealkylation sites (tertiary alicyclic amines) is 1. The van der Waals surface area contributed by atoms with Crippen LogP contribution in [0.2, 0.25) is 0 Å². The van der Waals surface area contributed by atoms with Gasteiger partial charge in [-0.05, 0) is 85.7 Å². The lowest BCUT2D eigenvalue weighted by atomic mass is 9.97. The molecule has 2 atom stereocenters. The Morgan fingerprint density at radius 1 is 0.881 bits per heavy atom. The maximum Gasteiger partial charge on any atom is 0.416 e. The average molecular weight is 610 g/mol. The van der Waals surface area contributed by atoms with Gasteiger partial charge < -0.3 is 15.4 Å². The predicted octanol–water partition coefficient (Wildman–Crippen LogP) is 5.90. The first-order chi connectivity index (χ1) is 19.9. The molecule has 1 aliphatic carbocycles. The number of carbonyl (C=O) groups excluding carboxylic acids is 1. The Bertz CT molecular complexity index is 1440. The number of benzene rings is 3. The number of amides is 1. The number of carbonyl (C=O) groups is 1. The summed E-state index contributed by atoms with van der Waals surface area (Å²) in [6, 6.07) is 10.1. The largest absolute Gasteiger partial charge is 0.490 e. The molecule has 1 aliphatic heterocycles. The summed E-state index contributed by atoms with van der Waals surface area (Å²) < 4.78 is 92.7. The van der Waals surface area contributed by atoms with E-state index in [1.165, 1.54) is 11.0 Å². The highest BCUT2D eigenvalue weighted by Gasteiger charge is 2.49. The van der Waals surface area contributed by atoms with E-state index < -0.39 is 46.2 Å². The number of nitrogens with zero attached hydrogens (tertiary/aromatic N) is 1. The van der Waals surface area contributed by atoms with Crippen LogP contribution in [-0.4, -0.2) is 46.3 Å². The lowest BCUT2D eigenvalue weighted by molar-refractivity contribution is -0.145. The molecule has 2 aliphatic rings. The quantitative estimate of drug-likeness (QED) is 0.312. The number of fused-ring (bicyclic) bond motifs is 1. The van der Waals surface area contributed by atoms with Crippen LogP contribution in [0.5, 0.6) is 5.75 Å². The van der Waals surface area contributed by atoms with Crippen LogP contribution < -0.4 is 15.2 Å². The van der Waals surface area contributed by atoms with Crippen LogP contribution in [0.3, 0.4) is 0 Å². The Hall–Kier alpha value is -3.09. The Labute approximate surface area is 243 Å². The Balaban J connectivity index is 1.40. The van der Waals surface area contributed by atoms with Crippen LogP contribution in [0, 0.1) is 0 Å². The molecule has 0 radical (unpaired) electrons. The fourth-order valence-electron chi connectivity index (χ4n) is 5.39. The fraction of sp³-hybridized carbons (Fsp3) is 0.433. The van der Waals surface area contributed by atoms with Crippen molar-refractivity contribution in [2.24, 2.45) is 5.73 Å². The van der Waals surface area contributed by atoms with E-state index in [0.29, 0.717) is 48.2 Å². The van der Waals surface area contributed by atoms with E-state index in [1.807, 2.05) is 6.07 Å². The van der Waals surface area contributed by atoms with Gasteiger partial charge in [0.1, 0.15) is 16.7 Å². The monoisotopic (exact) mass is 609 g/mol. The SMILES string of the molecule is NC1CCN(C(=O)[C@H](NS(=O)c2ccc3cc(OC4CCCC4)ccc3c2)C(F)(F)c2ccc(C(F)(F)F)cc2)CC1. The molecule has 1 unspecified atom stereocenters. The standard InChI is InChI=1S/C30H32F5N3O3S/c31-29(32,21-7-9-22(10-8-21)30(33,34)35)27(28(39)38-15-13-23(36)14-16-38)37-42(40)26-12-6-19-17-25(11-5-20(19)18-26)41-24-3-1-2-4-24/h5-12,17-18,23-24,27,37H,1-4,13-16,36H2/t27-,42?/m0/s1. The normalized spacial score (nSPS) is 18.8. The summed E-state index contributed by atoms with van der Waals surface area (Å²) in [4.78, 5) is 14.8. The van der Waals surface area contributed by atoms with E-state index >= 15 is 8.78 Å². The molecule has 1 saturated heterocycles. The summed E-state index contributed by atoms with van der Waals surface area (Å²) in [5, 5.41) is 1.50. The van der Waals surface area contributed by atoms with E-state index in [9.17, 15) is 22.2 Å². The Morgan fingerprint density at radius 3 is 2.12 bits per heavy atom. The van der Waals surface area contributed by atoms with Crippen LogP contribution in [-0.2, 0) is 27.9 Å². The van der Waals surface area contributed by atoms with E-state index in [1.54, 1.807) is 24.3 Å². The highest BCUT2D eigenvalue weighted by molar-refractivity contribution is 7.83. The first-order valence-corrected chi connectivity index (χ1v) is 15.0. The van der Waals surface area contributed by atoms with Crippen molar-refractivity contribution in [3.8, 4) is 5.75 Å². The number of ether oxygens (including phenoxy) is 1. The lowest BCUT2D eigenvalue weighted by Gasteiger charge is -2.35. The first-order valence-electron chi connectivity index (χ1n) is 13.9. The zero-order valence-electron chi connectivity index (χ0n) is 22.7. The minimum absolute atomic E-state index is 0.134. The molecule has 5 rings (SSSR count). The summed E-state index contributed by atoms with van der Waals surface area (Å²) in [7, 11) is -2.26. The molecule has 6 nitrogen and oxygen atoms in total. The number of nitrogens with two attached hydrogens (primary N) is 1. The molecule has 12 heteroatoms. The molecule has 3 aromatic rings. The molecular weight excluding hydrogens is 577 g/mol. The number of alkyl halides is 5. The topological polar surface area (TPSA) is 84.7 Å². The fourth-order valence-corrected chi connectivity index (χ4v) is 6.42. The van der Waals surface area contributed by atoms with Gasteiger partial charge in [-0.15, -0.1) is 0 Å². The third-order valence-electron chi connectivity index (χ3n) is 7.88. The van der Waals surface area contributed by atoms with Crippen molar-refractivity contribution in [2.75, 3.05) is 13.1 Å². The van der Waals surface area contributed by atoms with E-state index in [-0.39, 0.29) is 30.1 Å². The van der Waals surface area contributed by atoms with Crippen molar-refractivity contribution in [3.05, 3.63) is 71.8 Å². The number of hydrogen-bond acceptors (Lipinski definition) is 4. The van der Waals surface area contributed by atoms with Crippen molar-refractivity contribution in [1.29, 1.82) is 0 Å². The Morgan fingerprint density at radius 2 is 1.48 bits per heavy atom. The zero-order chi connectivity index (χ0) is 30.1. The highest BCUT2D eigenvalue weighted by atomic mass is 32.2. The van der Waals surface area contributed by atoms with Crippen LogP contribution in [0.25, 0.3) is 10.8 Å². The van der Waals surface area contributed by atoms with Crippen molar-refractivity contribution < 1.29 is 35.7 Å². The summed E-state index contributed by atoms with van der Waals surface area (Å²) in [5.74, 6) is -4.28. The van der Waals surface area contributed by atoms with Gasteiger partial charge in [0.2, 0.25) is 5.91 Å². The number of rotatable bonds is 8. The van der Waals surface area contributed by atoms with Gasteiger partial charge in [-0.2, -0.15) is 22.0 Å². The van der Waals surface area contributed by atoms with Gasteiger partial charge in [0.25, 0.3) is 5.92 Å². The maximum absolute atomic E-state index is 15.9. The molecule has 0 bridgehead atoms. The third kappa shape index (κ3) is 6.76. The highest BCUT2D eigenvalue weighted by Crippen LogP contribution is 2.37. The summed E-state index contributed by atoms with van der Waals surface area (Å²) in [5.41, 5.74) is 4.00. The van der Waals surface area contributed by atoms with Crippen LogP contribution in [0.15, 0.2) is 65.6 Å². The third-order valence-corrected chi connectivity index (χ3v) is 9.02. The van der Waals surface area contributed by atoms with Crippen LogP contribution in [0.1, 0.15) is 49.7 Å². The Kier molecular flexibility index (Phi) is 8.86.